The average Bonchev–Trinajstić information content (AvgIpc) is 2.23. The van der Waals surface area contributed by atoms with E-state index in [0.29, 0.717) is 0 Å². The van der Waals surface area contributed by atoms with E-state index >= 15 is 0 Å². The van der Waals surface area contributed by atoms with E-state index in [1.54, 1.807) is 0 Å². The molecule has 0 aromatic rings. The summed E-state index contributed by atoms with van der Waals surface area (Å²) >= 11 is 0. The van der Waals surface area contributed by atoms with Crippen molar-refractivity contribution in [2.45, 2.75) is 12.8 Å². The van der Waals surface area contributed by atoms with Crippen molar-refractivity contribution in [1.82, 2.24) is 0 Å². The van der Waals surface area contributed by atoms with Crippen LogP contribution >= 0.6 is 0 Å². The van der Waals surface area contributed by atoms with Crippen molar-refractivity contribution in [2.75, 3.05) is 0 Å². The highest BCUT2D eigenvalue weighted by molar-refractivity contribution is 6.07. The maximum Gasteiger partial charge on any atom is 0.160 e. The van der Waals surface area contributed by atoms with E-state index in [-0.39, 0.29) is 35.2 Å². The van der Waals surface area contributed by atoms with Gasteiger partial charge >= 0.3 is 0 Å². The van der Waals surface area contributed by atoms with Gasteiger partial charge in [-0.05, 0) is 36.8 Å². The Kier molecular flexibility index (Phi) is 2.16. The predicted octanol–water partition coefficient (Wildman–Crippen LogP) is 2.08. The Hall–Kier alpha value is -1.44. The second-order valence-corrected chi connectivity index (χ2v) is 4.85. The molecule has 0 radical (unpaired) electrons. The van der Waals surface area contributed by atoms with Gasteiger partial charge < -0.3 is 0 Å². The number of carbonyl (C=O) groups is 2. The Morgan fingerprint density at radius 1 is 0.812 bits per heavy atom. The minimum atomic E-state index is -0.0996. The molecule has 3 aliphatic carbocycles. The van der Waals surface area contributed by atoms with E-state index in [0.717, 1.165) is 12.8 Å². The molecule has 0 aromatic heterocycles. The maximum atomic E-state index is 11.9. The third kappa shape index (κ3) is 1.33. The summed E-state index contributed by atoms with van der Waals surface area (Å²) in [6.07, 6.45) is 13.3. The van der Waals surface area contributed by atoms with Gasteiger partial charge in [0.25, 0.3) is 0 Å². The highest BCUT2D eigenvalue weighted by Crippen LogP contribution is 2.42. The third-order valence-electron chi connectivity index (χ3n) is 3.97. The van der Waals surface area contributed by atoms with Gasteiger partial charge in [0.05, 0.1) is 0 Å². The van der Waals surface area contributed by atoms with Crippen molar-refractivity contribution in [3.8, 4) is 0 Å². The Bertz CT molecular complexity index is 390. The lowest BCUT2D eigenvalue weighted by Gasteiger charge is -2.39. The number of fused-ring (bicyclic) bond motifs is 5. The SMILES string of the molecule is O=C1C=CC(=O)C2C3C=CC(C/C=C\C3)C12. The van der Waals surface area contributed by atoms with E-state index in [4.69, 9.17) is 0 Å². The average molecular weight is 214 g/mol. The molecule has 4 atom stereocenters. The summed E-state index contributed by atoms with van der Waals surface area (Å²) in [5.74, 6) is 0.520. The molecule has 0 amide bonds. The number of hydrogen-bond acceptors (Lipinski definition) is 2. The fraction of sp³-hybridized carbons (Fsp3) is 0.429. The summed E-state index contributed by atoms with van der Waals surface area (Å²) in [6.45, 7) is 0. The molecule has 0 spiro atoms. The van der Waals surface area contributed by atoms with Crippen LogP contribution in [-0.2, 0) is 9.59 Å². The molecular weight excluding hydrogens is 200 g/mol. The Morgan fingerprint density at radius 2 is 1.25 bits per heavy atom. The van der Waals surface area contributed by atoms with Crippen molar-refractivity contribution in [1.29, 1.82) is 0 Å². The first-order valence-corrected chi connectivity index (χ1v) is 5.86. The zero-order chi connectivity index (χ0) is 11.1. The van der Waals surface area contributed by atoms with Gasteiger partial charge in [0, 0.05) is 11.8 Å². The van der Waals surface area contributed by atoms with E-state index in [2.05, 4.69) is 24.3 Å². The van der Waals surface area contributed by atoms with E-state index in [9.17, 15) is 9.59 Å². The molecular formula is C14H14O2. The summed E-state index contributed by atoms with van der Waals surface area (Å²) < 4.78 is 0. The Balaban J connectivity index is 2.08. The molecule has 0 fully saturated rings. The van der Waals surface area contributed by atoms with Crippen molar-refractivity contribution in [3.63, 3.8) is 0 Å². The van der Waals surface area contributed by atoms with Crippen LogP contribution in [0.5, 0.6) is 0 Å². The van der Waals surface area contributed by atoms with Gasteiger partial charge in [-0.2, -0.15) is 0 Å². The topological polar surface area (TPSA) is 34.1 Å². The fourth-order valence-corrected chi connectivity index (χ4v) is 3.18. The van der Waals surface area contributed by atoms with Crippen molar-refractivity contribution < 1.29 is 9.59 Å². The van der Waals surface area contributed by atoms with Gasteiger partial charge in [-0.25, -0.2) is 0 Å². The summed E-state index contributed by atoms with van der Waals surface area (Å²) in [5, 5.41) is 0. The summed E-state index contributed by atoms with van der Waals surface area (Å²) in [6, 6.07) is 0. The molecule has 2 nitrogen and oxygen atoms in total. The lowest BCUT2D eigenvalue weighted by molar-refractivity contribution is -0.132. The quantitative estimate of drug-likeness (QED) is 0.578. The van der Waals surface area contributed by atoms with Gasteiger partial charge in [-0.3, -0.25) is 9.59 Å². The molecule has 0 saturated carbocycles. The number of carbonyl (C=O) groups excluding carboxylic acids is 2. The van der Waals surface area contributed by atoms with Gasteiger partial charge in [0.1, 0.15) is 0 Å². The molecule has 4 unspecified atom stereocenters. The number of allylic oxidation sites excluding steroid dienone is 6. The van der Waals surface area contributed by atoms with Gasteiger partial charge in [0.2, 0.25) is 0 Å². The first kappa shape index (κ1) is 9.76. The molecule has 3 aliphatic rings. The molecule has 0 aromatic carbocycles. The Morgan fingerprint density at radius 3 is 1.69 bits per heavy atom. The van der Waals surface area contributed by atoms with Crippen LogP contribution < -0.4 is 0 Å². The van der Waals surface area contributed by atoms with E-state index in [1.165, 1.54) is 12.2 Å². The molecule has 0 saturated heterocycles. The normalized spacial score (nSPS) is 42.8. The van der Waals surface area contributed by atoms with Crippen LogP contribution in [0.4, 0.5) is 0 Å². The standard InChI is InChI=1S/C14H14O2/c15-11-7-8-12(16)14-10-4-2-1-3-9(5-6-10)13(11)14/h1-2,5-10,13-14H,3-4H2/b2-1-. The summed E-state index contributed by atoms with van der Waals surface area (Å²) in [7, 11) is 0. The molecule has 3 rings (SSSR count). The molecule has 2 bridgehead atoms. The highest BCUT2D eigenvalue weighted by Gasteiger charge is 2.44. The third-order valence-corrected chi connectivity index (χ3v) is 3.97. The number of ketones is 2. The summed E-state index contributed by atoms with van der Waals surface area (Å²) in [4.78, 5) is 23.9. The van der Waals surface area contributed by atoms with Gasteiger partial charge in [0.15, 0.2) is 11.6 Å². The summed E-state index contributed by atoms with van der Waals surface area (Å²) in [5.41, 5.74) is 0. The lowest BCUT2D eigenvalue weighted by Crippen LogP contribution is -2.43. The van der Waals surface area contributed by atoms with Crippen molar-refractivity contribution in [2.24, 2.45) is 23.7 Å². The minimum Gasteiger partial charge on any atom is -0.294 e. The lowest BCUT2D eigenvalue weighted by atomic mass is 9.62. The monoisotopic (exact) mass is 214 g/mol. The fourth-order valence-electron chi connectivity index (χ4n) is 3.18. The smallest absolute Gasteiger partial charge is 0.160 e. The molecule has 0 heterocycles. The molecule has 16 heavy (non-hydrogen) atoms. The van der Waals surface area contributed by atoms with Crippen molar-refractivity contribution >= 4 is 11.6 Å². The zero-order valence-electron chi connectivity index (χ0n) is 9.00. The first-order valence-electron chi connectivity index (χ1n) is 5.86. The zero-order valence-corrected chi connectivity index (χ0v) is 9.00. The molecule has 2 heteroatoms. The maximum absolute atomic E-state index is 11.9. The largest absolute Gasteiger partial charge is 0.294 e. The van der Waals surface area contributed by atoms with Crippen LogP contribution in [0.1, 0.15) is 12.8 Å². The second-order valence-electron chi connectivity index (χ2n) is 4.85. The second kappa shape index (κ2) is 3.55. The van der Waals surface area contributed by atoms with Gasteiger partial charge in [-0.15, -0.1) is 0 Å². The number of hydrogen-bond donors (Lipinski definition) is 0. The minimum absolute atomic E-state index is 0.0996. The van der Waals surface area contributed by atoms with Crippen LogP contribution in [0.3, 0.4) is 0 Å². The Labute approximate surface area is 94.7 Å². The van der Waals surface area contributed by atoms with E-state index in [1.807, 2.05) is 0 Å². The molecule has 82 valence electrons. The van der Waals surface area contributed by atoms with Crippen LogP contribution in [0.15, 0.2) is 36.5 Å². The predicted molar refractivity (Wildman–Crippen MR) is 60.6 cm³/mol. The van der Waals surface area contributed by atoms with Crippen LogP contribution in [0.2, 0.25) is 0 Å². The van der Waals surface area contributed by atoms with Gasteiger partial charge in [-0.1, -0.05) is 24.3 Å². The van der Waals surface area contributed by atoms with Crippen molar-refractivity contribution in [3.05, 3.63) is 36.5 Å². The molecule has 0 N–H and O–H groups in total. The van der Waals surface area contributed by atoms with E-state index < -0.39 is 0 Å². The highest BCUT2D eigenvalue weighted by atomic mass is 16.1. The van der Waals surface area contributed by atoms with Crippen LogP contribution in [0.25, 0.3) is 0 Å². The van der Waals surface area contributed by atoms with Crippen LogP contribution in [0, 0.1) is 23.7 Å². The number of rotatable bonds is 0. The molecule has 0 aliphatic heterocycles. The first-order chi connectivity index (χ1) is 7.77. The van der Waals surface area contributed by atoms with Crippen LogP contribution in [-0.4, -0.2) is 11.6 Å².